The maximum absolute atomic E-state index is 10.9. The van der Waals surface area contributed by atoms with E-state index in [-0.39, 0.29) is 24.3 Å². The lowest BCUT2D eigenvalue weighted by molar-refractivity contribution is -0.143. The van der Waals surface area contributed by atoms with E-state index in [9.17, 15) is 9.59 Å². The van der Waals surface area contributed by atoms with Gasteiger partial charge in [0.05, 0.1) is 6.61 Å². The van der Waals surface area contributed by atoms with E-state index in [0.717, 1.165) is 0 Å². The first kappa shape index (κ1) is 16.6. The largest absolute Gasteiger partial charge is 0.466 e. The van der Waals surface area contributed by atoms with E-state index in [1.807, 2.05) is 0 Å². The number of nitrogens with one attached hydrogen (secondary N) is 1. The van der Waals surface area contributed by atoms with Crippen LogP contribution in [0, 0.1) is 0 Å². The van der Waals surface area contributed by atoms with Crippen LogP contribution in [0.15, 0.2) is 0 Å². The molecule has 0 bridgehead atoms. The van der Waals surface area contributed by atoms with E-state index in [4.69, 9.17) is 10.5 Å². The first-order chi connectivity index (χ1) is 6.70. The summed E-state index contributed by atoms with van der Waals surface area (Å²) in [4.78, 5) is 21.8. The second kappa shape index (κ2) is 11.3. The van der Waals surface area contributed by atoms with Crippen LogP contribution in [0.2, 0.25) is 0 Å². The molecule has 0 aliphatic carbocycles. The Balaban J connectivity index is 0. The number of hydrogen-bond acceptors (Lipinski definition) is 4. The van der Waals surface area contributed by atoms with E-state index in [1.54, 1.807) is 6.92 Å². The van der Waals surface area contributed by atoms with Crippen molar-refractivity contribution >= 4 is 24.3 Å². The lowest BCUT2D eigenvalue weighted by Crippen LogP contribution is -2.26. The molecule has 15 heavy (non-hydrogen) atoms. The number of hydrogen-bond donors (Lipinski definition) is 2. The van der Waals surface area contributed by atoms with E-state index in [2.05, 4.69) is 5.32 Å². The van der Waals surface area contributed by atoms with Gasteiger partial charge in [0, 0.05) is 25.9 Å². The van der Waals surface area contributed by atoms with Gasteiger partial charge in [0.1, 0.15) is 0 Å². The van der Waals surface area contributed by atoms with Gasteiger partial charge in [-0.1, -0.05) is 0 Å². The zero-order valence-corrected chi connectivity index (χ0v) is 9.77. The van der Waals surface area contributed by atoms with Gasteiger partial charge < -0.3 is 15.8 Å². The lowest BCUT2D eigenvalue weighted by Gasteiger charge is -2.03. The van der Waals surface area contributed by atoms with Crippen LogP contribution >= 0.6 is 12.4 Å². The molecule has 0 unspecified atom stereocenters. The monoisotopic (exact) mass is 238 g/mol. The van der Waals surface area contributed by atoms with Gasteiger partial charge in [0.25, 0.3) is 0 Å². The number of ether oxygens (including phenoxy) is 1. The smallest absolute Gasteiger partial charge is 0.305 e. The average Bonchev–Trinajstić information content (AvgIpc) is 2.13. The first-order valence-corrected chi connectivity index (χ1v) is 4.83. The third-order valence-corrected chi connectivity index (χ3v) is 1.56. The van der Waals surface area contributed by atoms with Gasteiger partial charge in [0.15, 0.2) is 0 Å². The summed E-state index contributed by atoms with van der Waals surface area (Å²) in [5, 5.41) is 2.65. The van der Waals surface area contributed by atoms with Crippen molar-refractivity contribution < 1.29 is 14.3 Å². The number of rotatable bonds is 7. The minimum atomic E-state index is -0.222. The number of carbonyl (C=O) groups is 2. The van der Waals surface area contributed by atoms with Crippen molar-refractivity contribution in [1.29, 1.82) is 0 Å². The first-order valence-electron chi connectivity index (χ1n) is 4.83. The fraction of sp³-hybridized carbons (Fsp3) is 0.778. The fourth-order valence-electron chi connectivity index (χ4n) is 0.913. The van der Waals surface area contributed by atoms with Crippen LogP contribution in [0.1, 0.15) is 26.2 Å². The zero-order valence-electron chi connectivity index (χ0n) is 8.95. The van der Waals surface area contributed by atoms with Gasteiger partial charge in [-0.3, -0.25) is 9.59 Å². The highest BCUT2D eigenvalue weighted by molar-refractivity contribution is 5.85. The zero-order chi connectivity index (χ0) is 10.8. The van der Waals surface area contributed by atoms with Gasteiger partial charge in [-0.2, -0.15) is 0 Å². The summed E-state index contributed by atoms with van der Waals surface area (Å²) in [6.45, 7) is 3.01. The number of halogens is 1. The Bertz CT molecular complexity index is 168. The van der Waals surface area contributed by atoms with Gasteiger partial charge >= 0.3 is 5.97 Å². The SMILES string of the molecule is CCOC(=O)CCCNC(=O)CCN.Cl. The van der Waals surface area contributed by atoms with Crippen LogP contribution in [0.3, 0.4) is 0 Å². The molecule has 0 fully saturated rings. The van der Waals surface area contributed by atoms with Crippen LogP contribution < -0.4 is 11.1 Å². The molecule has 0 aromatic heterocycles. The maximum atomic E-state index is 10.9. The number of esters is 1. The summed E-state index contributed by atoms with van der Waals surface area (Å²) in [5.74, 6) is -0.295. The molecule has 6 heteroatoms. The summed E-state index contributed by atoms with van der Waals surface area (Å²) in [5.41, 5.74) is 5.19. The van der Waals surface area contributed by atoms with Crippen molar-refractivity contribution in [2.24, 2.45) is 5.73 Å². The Labute approximate surface area is 96.1 Å². The molecule has 0 radical (unpaired) electrons. The van der Waals surface area contributed by atoms with E-state index in [1.165, 1.54) is 0 Å². The van der Waals surface area contributed by atoms with Crippen LogP contribution in [0.5, 0.6) is 0 Å². The highest BCUT2D eigenvalue weighted by Crippen LogP contribution is 1.91. The molecule has 0 atom stereocenters. The Morgan fingerprint density at radius 3 is 2.53 bits per heavy atom. The standard InChI is InChI=1S/C9H18N2O3.ClH/c1-2-14-9(13)4-3-7-11-8(12)5-6-10;/h2-7,10H2,1H3,(H,11,12);1H. The number of carbonyl (C=O) groups excluding carboxylic acids is 2. The van der Waals surface area contributed by atoms with Gasteiger partial charge in [-0.15, -0.1) is 12.4 Å². The highest BCUT2D eigenvalue weighted by atomic mass is 35.5. The molecule has 5 nitrogen and oxygen atoms in total. The quantitative estimate of drug-likeness (QED) is 0.491. The van der Waals surface area contributed by atoms with Crippen molar-refractivity contribution in [3.8, 4) is 0 Å². The molecular weight excluding hydrogens is 220 g/mol. The second-order valence-electron chi connectivity index (χ2n) is 2.80. The van der Waals surface area contributed by atoms with Crippen LogP contribution in [-0.2, 0) is 14.3 Å². The molecular formula is C9H19ClN2O3. The third-order valence-electron chi connectivity index (χ3n) is 1.56. The minimum absolute atomic E-state index is 0. The molecule has 0 heterocycles. The molecule has 0 aromatic rings. The Hall–Kier alpha value is -0.810. The molecule has 0 saturated carbocycles. The van der Waals surface area contributed by atoms with Crippen molar-refractivity contribution in [3.63, 3.8) is 0 Å². The Kier molecular flexibility index (Phi) is 12.5. The summed E-state index contributed by atoms with van der Waals surface area (Å²) in [6, 6.07) is 0. The van der Waals surface area contributed by atoms with Gasteiger partial charge in [0.2, 0.25) is 5.91 Å². The van der Waals surface area contributed by atoms with Crippen LogP contribution in [0.25, 0.3) is 0 Å². The average molecular weight is 239 g/mol. The van der Waals surface area contributed by atoms with Crippen molar-refractivity contribution in [2.75, 3.05) is 19.7 Å². The third kappa shape index (κ3) is 11.1. The molecule has 0 aromatic carbocycles. The number of amides is 1. The predicted octanol–water partition coefficient (Wildman–Crippen LogP) is 0.216. The van der Waals surface area contributed by atoms with Crippen molar-refractivity contribution in [2.45, 2.75) is 26.2 Å². The van der Waals surface area contributed by atoms with E-state index >= 15 is 0 Å². The fourth-order valence-corrected chi connectivity index (χ4v) is 0.913. The predicted molar refractivity (Wildman–Crippen MR) is 59.8 cm³/mol. The summed E-state index contributed by atoms with van der Waals surface area (Å²) < 4.78 is 4.72. The molecule has 90 valence electrons. The molecule has 0 spiro atoms. The molecule has 1 amide bonds. The molecule has 0 saturated heterocycles. The number of nitrogens with two attached hydrogens (primary N) is 1. The minimum Gasteiger partial charge on any atom is -0.466 e. The van der Waals surface area contributed by atoms with Gasteiger partial charge in [-0.05, 0) is 13.3 Å². The lowest BCUT2D eigenvalue weighted by atomic mass is 10.3. The molecule has 0 rings (SSSR count). The van der Waals surface area contributed by atoms with Crippen LogP contribution in [-0.4, -0.2) is 31.6 Å². The van der Waals surface area contributed by atoms with E-state index < -0.39 is 0 Å². The van der Waals surface area contributed by atoms with Gasteiger partial charge in [-0.25, -0.2) is 0 Å². The highest BCUT2D eigenvalue weighted by Gasteiger charge is 2.02. The Morgan fingerprint density at radius 1 is 1.33 bits per heavy atom. The molecule has 0 aliphatic heterocycles. The summed E-state index contributed by atoms with van der Waals surface area (Å²) in [7, 11) is 0. The van der Waals surface area contributed by atoms with E-state index in [0.29, 0.717) is 39.0 Å². The van der Waals surface area contributed by atoms with Crippen molar-refractivity contribution in [3.05, 3.63) is 0 Å². The topological polar surface area (TPSA) is 81.4 Å². The normalized spacial score (nSPS) is 8.93. The second-order valence-corrected chi connectivity index (χ2v) is 2.80. The maximum Gasteiger partial charge on any atom is 0.305 e. The van der Waals surface area contributed by atoms with Crippen molar-refractivity contribution in [1.82, 2.24) is 5.32 Å². The molecule has 3 N–H and O–H groups in total. The summed E-state index contributed by atoms with van der Waals surface area (Å²) >= 11 is 0. The summed E-state index contributed by atoms with van der Waals surface area (Å²) in [6.07, 6.45) is 1.28. The van der Waals surface area contributed by atoms with Crippen LogP contribution in [0.4, 0.5) is 0 Å². The Morgan fingerprint density at radius 2 is 2.00 bits per heavy atom. The molecule has 0 aliphatic rings.